The summed E-state index contributed by atoms with van der Waals surface area (Å²) in [6.07, 6.45) is 8.83. The van der Waals surface area contributed by atoms with E-state index < -0.39 is 0 Å². The average molecular weight is 412 g/mol. The molecule has 1 aliphatic carbocycles. The molecule has 0 aromatic carbocycles. The molecule has 30 heavy (non-hydrogen) atoms. The van der Waals surface area contributed by atoms with Crippen molar-refractivity contribution in [3.63, 3.8) is 0 Å². The van der Waals surface area contributed by atoms with Gasteiger partial charge in [-0.3, -0.25) is 19.5 Å². The molecule has 0 bridgehead atoms. The maximum Gasteiger partial charge on any atom is 0.234 e. The Hall–Kier alpha value is -2.15. The van der Waals surface area contributed by atoms with Crippen molar-refractivity contribution in [1.82, 2.24) is 20.1 Å². The third-order valence-corrected chi connectivity index (χ3v) is 7.76. The van der Waals surface area contributed by atoms with Crippen molar-refractivity contribution in [1.29, 1.82) is 0 Å². The number of carbonyl (C=O) groups excluding carboxylic acids is 2. The highest BCUT2D eigenvalue weighted by molar-refractivity contribution is 5.82. The number of fused-ring (bicyclic) bond motifs is 1. The first kappa shape index (κ1) is 19.8. The smallest absolute Gasteiger partial charge is 0.234 e. The van der Waals surface area contributed by atoms with Crippen LogP contribution in [0, 0.1) is 11.8 Å². The van der Waals surface area contributed by atoms with Crippen LogP contribution < -0.4 is 10.2 Å². The van der Waals surface area contributed by atoms with Crippen molar-refractivity contribution in [2.75, 3.05) is 44.2 Å². The van der Waals surface area contributed by atoms with Crippen LogP contribution in [0.25, 0.3) is 0 Å². The number of hydrogen-bond donors (Lipinski definition) is 1. The standard InChI is InChI=1S/C23H33N5O2/c1-17-3-2-10-27(17)15-21(29)25-23-13-19(23)14-28(16-23)22(30)18-6-11-26(12-7-18)20-4-8-24-9-5-20/h4-5,8-9,17-19H,2-3,6-7,10-16H2,1H3,(H,25,29)/t17?,19-,23-/m0/s1. The Morgan fingerprint density at radius 2 is 1.93 bits per heavy atom. The van der Waals surface area contributed by atoms with E-state index in [1.165, 1.54) is 18.5 Å². The molecule has 1 aromatic heterocycles. The topological polar surface area (TPSA) is 68.8 Å². The van der Waals surface area contributed by atoms with Gasteiger partial charge in [0.2, 0.25) is 11.8 Å². The van der Waals surface area contributed by atoms with Crippen molar-refractivity contribution < 1.29 is 9.59 Å². The minimum atomic E-state index is -0.145. The van der Waals surface area contributed by atoms with Crippen LogP contribution >= 0.6 is 0 Å². The quantitative estimate of drug-likeness (QED) is 0.795. The van der Waals surface area contributed by atoms with E-state index in [0.29, 0.717) is 31.0 Å². The number of rotatable bonds is 5. The van der Waals surface area contributed by atoms with Gasteiger partial charge in [0.1, 0.15) is 0 Å². The lowest BCUT2D eigenvalue weighted by atomic mass is 9.95. The molecule has 1 saturated carbocycles. The van der Waals surface area contributed by atoms with E-state index >= 15 is 0 Å². The zero-order valence-electron chi connectivity index (χ0n) is 17.9. The number of nitrogens with one attached hydrogen (secondary N) is 1. The molecule has 1 N–H and O–H groups in total. The first-order chi connectivity index (χ1) is 14.5. The van der Waals surface area contributed by atoms with E-state index in [0.717, 1.165) is 45.4 Å². The molecule has 4 aliphatic rings. The molecule has 4 fully saturated rings. The Bertz CT molecular complexity index is 794. The van der Waals surface area contributed by atoms with Gasteiger partial charge in [-0.15, -0.1) is 0 Å². The van der Waals surface area contributed by atoms with E-state index in [2.05, 4.69) is 27.0 Å². The molecule has 7 nitrogen and oxygen atoms in total. The SMILES string of the molecule is CC1CCCN1CC(=O)N[C@]12C[C@H]1CN(C(=O)C1CCN(c3ccncc3)CC1)C2. The molecule has 2 amide bonds. The number of likely N-dealkylation sites (tertiary alicyclic amines) is 2. The lowest BCUT2D eigenvalue weighted by molar-refractivity contribution is -0.136. The van der Waals surface area contributed by atoms with Gasteiger partial charge in [0, 0.05) is 62.1 Å². The molecule has 0 radical (unpaired) electrons. The summed E-state index contributed by atoms with van der Waals surface area (Å²) in [6.45, 7) is 7.05. The molecular formula is C23H33N5O2. The third-order valence-electron chi connectivity index (χ3n) is 7.76. The monoisotopic (exact) mass is 411 g/mol. The molecule has 162 valence electrons. The fraction of sp³-hybridized carbons (Fsp3) is 0.696. The Labute approximate surface area is 178 Å². The van der Waals surface area contributed by atoms with E-state index in [9.17, 15) is 9.59 Å². The van der Waals surface area contributed by atoms with Gasteiger partial charge >= 0.3 is 0 Å². The molecule has 5 rings (SSSR count). The van der Waals surface area contributed by atoms with Gasteiger partial charge in [-0.1, -0.05) is 0 Å². The zero-order chi connectivity index (χ0) is 20.7. The van der Waals surface area contributed by atoms with Gasteiger partial charge in [-0.25, -0.2) is 0 Å². The van der Waals surface area contributed by atoms with Gasteiger partial charge in [0.15, 0.2) is 0 Å². The number of amides is 2. The Morgan fingerprint density at radius 3 is 2.63 bits per heavy atom. The van der Waals surface area contributed by atoms with Crippen molar-refractivity contribution >= 4 is 17.5 Å². The number of aromatic nitrogens is 1. The van der Waals surface area contributed by atoms with Gasteiger partial charge < -0.3 is 15.1 Å². The van der Waals surface area contributed by atoms with Crippen LogP contribution in [-0.4, -0.2) is 77.4 Å². The molecule has 7 heteroatoms. The Morgan fingerprint density at radius 1 is 1.17 bits per heavy atom. The van der Waals surface area contributed by atoms with Crippen molar-refractivity contribution in [3.05, 3.63) is 24.5 Å². The van der Waals surface area contributed by atoms with Crippen molar-refractivity contribution in [2.45, 2.75) is 50.6 Å². The van der Waals surface area contributed by atoms with E-state index in [-0.39, 0.29) is 17.4 Å². The summed E-state index contributed by atoms with van der Waals surface area (Å²) < 4.78 is 0. The van der Waals surface area contributed by atoms with E-state index in [1.54, 1.807) is 0 Å². The first-order valence-corrected chi connectivity index (χ1v) is 11.5. The van der Waals surface area contributed by atoms with Crippen LogP contribution in [0.3, 0.4) is 0 Å². The van der Waals surface area contributed by atoms with Gasteiger partial charge in [0.05, 0.1) is 12.1 Å². The first-order valence-electron chi connectivity index (χ1n) is 11.5. The van der Waals surface area contributed by atoms with E-state index in [1.807, 2.05) is 29.4 Å². The highest BCUT2D eigenvalue weighted by Gasteiger charge is 2.62. The molecule has 1 unspecified atom stereocenters. The fourth-order valence-electron chi connectivity index (χ4n) is 5.77. The number of piperidine rings is 2. The van der Waals surface area contributed by atoms with Crippen LogP contribution in [0.5, 0.6) is 0 Å². The molecule has 3 aliphatic heterocycles. The second-order valence-electron chi connectivity index (χ2n) is 9.75. The number of anilines is 1. The number of pyridine rings is 1. The summed E-state index contributed by atoms with van der Waals surface area (Å²) in [5.41, 5.74) is 1.04. The van der Waals surface area contributed by atoms with Gasteiger partial charge in [-0.2, -0.15) is 0 Å². The predicted octanol–water partition coefficient (Wildman–Crippen LogP) is 1.50. The van der Waals surface area contributed by atoms with Gasteiger partial charge in [0.25, 0.3) is 0 Å². The molecule has 3 saturated heterocycles. The van der Waals surface area contributed by atoms with Crippen molar-refractivity contribution in [3.8, 4) is 0 Å². The van der Waals surface area contributed by atoms with Crippen LogP contribution in [0.4, 0.5) is 5.69 Å². The molecular weight excluding hydrogens is 378 g/mol. The minimum absolute atomic E-state index is 0.110. The summed E-state index contributed by atoms with van der Waals surface area (Å²) in [6, 6.07) is 4.57. The average Bonchev–Trinajstić information content (AvgIpc) is 3.06. The lowest BCUT2D eigenvalue weighted by Crippen LogP contribution is -2.49. The van der Waals surface area contributed by atoms with Gasteiger partial charge in [-0.05, 0) is 57.7 Å². The zero-order valence-corrected chi connectivity index (χ0v) is 17.9. The Kier molecular flexibility index (Phi) is 5.17. The normalized spacial score (nSPS) is 31.6. The van der Waals surface area contributed by atoms with Crippen LogP contribution in [-0.2, 0) is 9.59 Å². The molecule has 3 atom stereocenters. The number of nitrogens with zero attached hydrogens (tertiary/aromatic N) is 4. The third kappa shape index (κ3) is 3.80. The molecule has 0 spiro atoms. The number of hydrogen-bond acceptors (Lipinski definition) is 5. The molecule has 4 heterocycles. The summed E-state index contributed by atoms with van der Waals surface area (Å²) in [7, 11) is 0. The maximum atomic E-state index is 13.1. The van der Waals surface area contributed by atoms with Crippen LogP contribution in [0.1, 0.15) is 39.0 Å². The predicted molar refractivity (Wildman–Crippen MR) is 115 cm³/mol. The summed E-state index contributed by atoms with van der Waals surface area (Å²) in [5.74, 6) is 0.974. The maximum absolute atomic E-state index is 13.1. The molecule has 1 aromatic rings. The van der Waals surface area contributed by atoms with Crippen LogP contribution in [0.2, 0.25) is 0 Å². The summed E-state index contributed by atoms with van der Waals surface area (Å²) in [4.78, 5) is 36.5. The second kappa shape index (κ2) is 7.84. The summed E-state index contributed by atoms with van der Waals surface area (Å²) in [5, 5.41) is 3.30. The largest absolute Gasteiger partial charge is 0.371 e. The van der Waals surface area contributed by atoms with Crippen molar-refractivity contribution in [2.24, 2.45) is 11.8 Å². The summed E-state index contributed by atoms with van der Waals surface area (Å²) >= 11 is 0. The highest BCUT2D eigenvalue weighted by Crippen LogP contribution is 2.50. The lowest BCUT2D eigenvalue weighted by Gasteiger charge is -2.35. The fourth-order valence-corrected chi connectivity index (χ4v) is 5.77. The Balaban J connectivity index is 1.11. The number of carbonyl (C=O) groups is 2. The highest BCUT2D eigenvalue weighted by atomic mass is 16.2. The van der Waals surface area contributed by atoms with E-state index in [4.69, 9.17) is 0 Å². The minimum Gasteiger partial charge on any atom is -0.371 e. The van der Waals surface area contributed by atoms with Crippen LogP contribution in [0.15, 0.2) is 24.5 Å². The second-order valence-corrected chi connectivity index (χ2v) is 9.75.